The number of rotatable bonds is 6. The molecule has 27 heavy (non-hydrogen) atoms. The van der Waals surface area contributed by atoms with Crippen LogP contribution in [0.15, 0.2) is 48.5 Å². The van der Waals surface area contributed by atoms with Gasteiger partial charge < -0.3 is 14.8 Å². The average molecular weight is 365 g/mol. The van der Waals surface area contributed by atoms with Crippen molar-refractivity contribution >= 4 is 11.7 Å². The second-order valence-corrected chi connectivity index (χ2v) is 6.24. The van der Waals surface area contributed by atoms with Crippen molar-refractivity contribution in [3.8, 4) is 22.6 Å². The van der Waals surface area contributed by atoms with Crippen molar-refractivity contribution in [3.05, 3.63) is 59.8 Å². The van der Waals surface area contributed by atoms with Crippen molar-refractivity contribution in [2.45, 2.75) is 13.3 Å². The quantitative estimate of drug-likeness (QED) is 0.725. The maximum atomic E-state index is 12.6. The third-order valence-electron chi connectivity index (χ3n) is 4.36. The molecule has 1 N–H and O–H groups in total. The van der Waals surface area contributed by atoms with Crippen LogP contribution in [0.25, 0.3) is 11.1 Å². The van der Waals surface area contributed by atoms with Gasteiger partial charge in [0.05, 0.1) is 26.3 Å². The summed E-state index contributed by atoms with van der Waals surface area (Å²) in [5, 5.41) is 7.47. The van der Waals surface area contributed by atoms with Crippen LogP contribution in [-0.2, 0) is 18.3 Å². The van der Waals surface area contributed by atoms with Gasteiger partial charge in [0.2, 0.25) is 5.91 Å². The molecule has 0 aliphatic rings. The Morgan fingerprint density at radius 3 is 2.44 bits per heavy atom. The number of carbonyl (C=O) groups is 1. The Morgan fingerprint density at radius 1 is 1.07 bits per heavy atom. The average Bonchev–Trinajstić information content (AvgIpc) is 2.95. The van der Waals surface area contributed by atoms with E-state index in [2.05, 4.69) is 10.4 Å². The number of aromatic nitrogens is 2. The lowest BCUT2D eigenvalue weighted by Crippen LogP contribution is -2.17. The summed E-state index contributed by atoms with van der Waals surface area (Å²) in [7, 11) is 5.06. The molecule has 1 heterocycles. The van der Waals surface area contributed by atoms with Gasteiger partial charge >= 0.3 is 0 Å². The number of methoxy groups -OCH3 is 2. The molecule has 6 nitrogen and oxygen atoms in total. The van der Waals surface area contributed by atoms with Gasteiger partial charge in [0, 0.05) is 12.6 Å². The van der Waals surface area contributed by atoms with Gasteiger partial charge in [-0.1, -0.05) is 24.3 Å². The molecule has 0 spiro atoms. The normalized spacial score (nSPS) is 10.5. The summed E-state index contributed by atoms with van der Waals surface area (Å²) in [6, 6.07) is 15.2. The fourth-order valence-electron chi connectivity index (χ4n) is 3.05. The Morgan fingerprint density at radius 2 is 1.78 bits per heavy atom. The molecular weight excluding hydrogens is 342 g/mol. The van der Waals surface area contributed by atoms with E-state index in [0.717, 1.165) is 33.9 Å². The number of amides is 1. The van der Waals surface area contributed by atoms with E-state index in [9.17, 15) is 4.79 Å². The summed E-state index contributed by atoms with van der Waals surface area (Å²) in [4.78, 5) is 12.6. The van der Waals surface area contributed by atoms with Gasteiger partial charge in [-0.05, 0) is 42.3 Å². The summed E-state index contributed by atoms with van der Waals surface area (Å²) in [6.45, 7) is 1.93. The Labute approximate surface area is 158 Å². The lowest BCUT2D eigenvalue weighted by Gasteiger charge is -2.10. The van der Waals surface area contributed by atoms with Crippen LogP contribution in [0, 0.1) is 6.92 Å². The molecule has 0 fully saturated rings. The lowest BCUT2D eigenvalue weighted by atomic mass is 10.1. The second-order valence-electron chi connectivity index (χ2n) is 6.24. The van der Waals surface area contributed by atoms with Crippen molar-refractivity contribution in [1.82, 2.24) is 9.78 Å². The molecule has 0 aliphatic heterocycles. The molecule has 3 aromatic rings. The van der Waals surface area contributed by atoms with Crippen molar-refractivity contribution in [2.24, 2.45) is 7.05 Å². The highest BCUT2D eigenvalue weighted by Crippen LogP contribution is 2.32. The maximum absolute atomic E-state index is 12.6. The van der Waals surface area contributed by atoms with Crippen molar-refractivity contribution in [2.75, 3.05) is 19.5 Å². The highest BCUT2D eigenvalue weighted by Gasteiger charge is 2.17. The minimum atomic E-state index is -0.110. The number of ether oxygens (including phenoxy) is 2. The van der Waals surface area contributed by atoms with Gasteiger partial charge in [0.25, 0.3) is 0 Å². The molecule has 2 aromatic carbocycles. The first-order valence-corrected chi connectivity index (χ1v) is 8.62. The molecule has 0 bridgehead atoms. The molecule has 1 aromatic heterocycles. The minimum absolute atomic E-state index is 0.110. The molecule has 0 saturated heterocycles. The second kappa shape index (κ2) is 7.95. The standard InChI is InChI=1S/C21H23N3O3/c1-14-20(16-8-10-17(26-3)11-9-16)21(24(2)23-14)22-19(25)13-15-6-5-7-18(12-15)27-4/h5-12H,13H2,1-4H3,(H,22,25). The maximum Gasteiger partial charge on any atom is 0.229 e. The van der Waals surface area contributed by atoms with E-state index in [4.69, 9.17) is 9.47 Å². The first-order chi connectivity index (χ1) is 13.0. The fraction of sp³-hybridized carbons (Fsp3) is 0.238. The van der Waals surface area contributed by atoms with E-state index < -0.39 is 0 Å². The Balaban J connectivity index is 1.84. The van der Waals surface area contributed by atoms with E-state index >= 15 is 0 Å². The van der Waals surface area contributed by atoms with E-state index in [1.807, 2.05) is 62.5 Å². The summed E-state index contributed by atoms with van der Waals surface area (Å²) >= 11 is 0. The van der Waals surface area contributed by atoms with Crippen molar-refractivity contribution in [1.29, 1.82) is 0 Å². The molecule has 6 heteroatoms. The lowest BCUT2D eigenvalue weighted by molar-refractivity contribution is -0.115. The van der Waals surface area contributed by atoms with E-state index in [1.165, 1.54) is 0 Å². The van der Waals surface area contributed by atoms with Crippen LogP contribution in [-0.4, -0.2) is 29.9 Å². The highest BCUT2D eigenvalue weighted by molar-refractivity contribution is 5.96. The summed E-state index contributed by atoms with van der Waals surface area (Å²) in [6.07, 6.45) is 0.253. The number of benzene rings is 2. The highest BCUT2D eigenvalue weighted by atomic mass is 16.5. The van der Waals surface area contributed by atoms with Gasteiger partial charge in [0.15, 0.2) is 0 Å². The monoisotopic (exact) mass is 365 g/mol. The Bertz CT molecular complexity index is 946. The number of hydrogen-bond acceptors (Lipinski definition) is 4. The fourth-order valence-corrected chi connectivity index (χ4v) is 3.05. The third kappa shape index (κ3) is 4.11. The van der Waals surface area contributed by atoms with Crippen molar-refractivity contribution < 1.29 is 14.3 Å². The van der Waals surface area contributed by atoms with Crippen LogP contribution in [0.1, 0.15) is 11.3 Å². The molecule has 0 radical (unpaired) electrons. The zero-order valence-corrected chi connectivity index (χ0v) is 15.9. The number of carbonyl (C=O) groups excluding carboxylic acids is 1. The predicted molar refractivity (Wildman–Crippen MR) is 105 cm³/mol. The van der Waals surface area contributed by atoms with Crippen LogP contribution >= 0.6 is 0 Å². The zero-order chi connectivity index (χ0) is 19.4. The van der Waals surface area contributed by atoms with Crippen LogP contribution < -0.4 is 14.8 Å². The predicted octanol–water partition coefficient (Wildman–Crippen LogP) is 3.59. The van der Waals surface area contributed by atoms with Crippen LogP contribution in [0.2, 0.25) is 0 Å². The molecule has 3 rings (SSSR count). The van der Waals surface area contributed by atoms with Crippen LogP contribution in [0.4, 0.5) is 5.82 Å². The van der Waals surface area contributed by atoms with E-state index in [-0.39, 0.29) is 12.3 Å². The number of nitrogens with one attached hydrogen (secondary N) is 1. The molecule has 140 valence electrons. The molecule has 0 saturated carbocycles. The SMILES string of the molecule is COc1ccc(-c2c(C)nn(C)c2NC(=O)Cc2cccc(OC)c2)cc1. The third-order valence-corrected chi connectivity index (χ3v) is 4.36. The van der Waals surface area contributed by atoms with Crippen molar-refractivity contribution in [3.63, 3.8) is 0 Å². The number of hydrogen-bond donors (Lipinski definition) is 1. The summed E-state index contributed by atoms with van der Waals surface area (Å²) in [5.74, 6) is 2.08. The van der Waals surface area contributed by atoms with E-state index in [1.54, 1.807) is 18.9 Å². The van der Waals surface area contributed by atoms with Gasteiger partial charge in [0.1, 0.15) is 17.3 Å². The Hall–Kier alpha value is -3.28. The number of aryl methyl sites for hydroxylation is 2. The van der Waals surface area contributed by atoms with Crippen LogP contribution in [0.5, 0.6) is 11.5 Å². The molecular formula is C21H23N3O3. The van der Waals surface area contributed by atoms with Gasteiger partial charge in [-0.2, -0.15) is 5.10 Å². The Kier molecular flexibility index (Phi) is 5.45. The zero-order valence-electron chi connectivity index (χ0n) is 15.9. The first-order valence-electron chi connectivity index (χ1n) is 8.62. The number of nitrogens with zero attached hydrogens (tertiary/aromatic N) is 2. The number of anilines is 1. The van der Waals surface area contributed by atoms with Crippen LogP contribution in [0.3, 0.4) is 0 Å². The molecule has 0 unspecified atom stereocenters. The summed E-state index contributed by atoms with van der Waals surface area (Å²) < 4.78 is 12.1. The minimum Gasteiger partial charge on any atom is -0.497 e. The molecule has 1 amide bonds. The smallest absolute Gasteiger partial charge is 0.229 e. The largest absolute Gasteiger partial charge is 0.497 e. The van der Waals surface area contributed by atoms with Gasteiger partial charge in [-0.15, -0.1) is 0 Å². The van der Waals surface area contributed by atoms with Gasteiger partial charge in [-0.25, -0.2) is 0 Å². The molecule has 0 atom stereocenters. The first kappa shape index (κ1) is 18.5. The topological polar surface area (TPSA) is 65.4 Å². The van der Waals surface area contributed by atoms with Gasteiger partial charge in [-0.3, -0.25) is 9.48 Å². The van der Waals surface area contributed by atoms with E-state index in [0.29, 0.717) is 5.82 Å². The summed E-state index contributed by atoms with van der Waals surface area (Å²) in [5.41, 5.74) is 3.60. The molecule has 0 aliphatic carbocycles.